The second kappa shape index (κ2) is 9.48. The number of hydrogen-bond acceptors (Lipinski definition) is 4. The molecule has 1 aromatic carbocycles. The van der Waals surface area contributed by atoms with Crippen molar-refractivity contribution in [2.75, 3.05) is 26.2 Å². The molecule has 0 aliphatic carbocycles. The average molecular weight is 424 g/mol. The van der Waals surface area contributed by atoms with E-state index in [2.05, 4.69) is 5.32 Å². The van der Waals surface area contributed by atoms with Crippen LogP contribution in [0.5, 0.6) is 0 Å². The third kappa shape index (κ3) is 6.63. The van der Waals surface area contributed by atoms with Gasteiger partial charge in [0.05, 0.1) is 0 Å². The molecule has 1 fully saturated rings. The first-order chi connectivity index (χ1) is 13.5. The number of amides is 3. The number of halogens is 1. The maximum absolute atomic E-state index is 13.0. The second-order valence-electron chi connectivity index (χ2n) is 8.50. The van der Waals surface area contributed by atoms with Crippen LogP contribution in [0.1, 0.15) is 45.0 Å². The summed E-state index contributed by atoms with van der Waals surface area (Å²) in [6.45, 7) is 10.7. The van der Waals surface area contributed by atoms with Gasteiger partial charge in [-0.3, -0.25) is 9.59 Å². The molecule has 1 N–H and O–H groups in total. The largest absolute Gasteiger partial charge is 0.444 e. The molecule has 1 heterocycles. The Kier molecular flexibility index (Phi) is 7.52. The number of alkyl carbamates (subject to hydrolysis) is 1. The Morgan fingerprint density at radius 2 is 1.66 bits per heavy atom. The highest BCUT2D eigenvalue weighted by Gasteiger charge is 2.33. The molecule has 1 aliphatic heterocycles. The molecule has 0 aromatic heterocycles. The summed E-state index contributed by atoms with van der Waals surface area (Å²) in [6.07, 6.45) is -0.612. The summed E-state index contributed by atoms with van der Waals surface area (Å²) < 4.78 is 5.28. The van der Waals surface area contributed by atoms with Gasteiger partial charge >= 0.3 is 6.09 Å². The zero-order valence-corrected chi connectivity index (χ0v) is 18.5. The normalized spacial score (nSPS) is 15.8. The van der Waals surface area contributed by atoms with Crippen molar-refractivity contribution in [3.05, 3.63) is 34.9 Å². The van der Waals surface area contributed by atoms with Crippen molar-refractivity contribution >= 4 is 29.5 Å². The van der Waals surface area contributed by atoms with E-state index in [4.69, 9.17) is 16.3 Å². The number of ether oxygens (including phenoxy) is 1. The zero-order valence-electron chi connectivity index (χ0n) is 17.7. The first-order valence-corrected chi connectivity index (χ1v) is 10.2. The average Bonchev–Trinajstić information content (AvgIpc) is 2.63. The van der Waals surface area contributed by atoms with Gasteiger partial charge in [-0.2, -0.15) is 0 Å². The lowest BCUT2D eigenvalue weighted by Crippen LogP contribution is -2.57. The monoisotopic (exact) mass is 423 g/mol. The lowest BCUT2D eigenvalue weighted by atomic mass is 10.0. The molecule has 0 bridgehead atoms. The number of hydrogen-bond donors (Lipinski definition) is 1. The van der Waals surface area contributed by atoms with Crippen LogP contribution >= 0.6 is 11.6 Å². The maximum atomic E-state index is 13.0. The van der Waals surface area contributed by atoms with Crippen molar-refractivity contribution in [1.82, 2.24) is 15.1 Å². The number of benzene rings is 1. The van der Waals surface area contributed by atoms with Crippen molar-refractivity contribution in [2.24, 2.45) is 5.92 Å². The van der Waals surface area contributed by atoms with E-state index in [1.165, 1.54) is 0 Å². The number of piperazine rings is 1. The molecule has 0 unspecified atom stereocenters. The molecule has 8 heteroatoms. The van der Waals surface area contributed by atoms with Gasteiger partial charge in [-0.05, 0) is 44.9 Å². The molecule has 1 aromatic rings. The van der Waals surface area contributed by atoms with E-state index in [0.717, 1.165) is 0 Å². The quantitative estimate of drug-likeness (QED) is 0.806. The van der Waals surface area contributed by atoms with Crippen LogP contribution in [0.3, 0.4) is 0 Å². The molecule has 0 saturated carbocycles. The van der Waals surface area contributed by atoms with Gasteiger partial charge in [0.25, 0.3) is 5.91 Å². The van der Waals surface area contributed by atoms with Gasteiger partial charge in [0, 0.05) is 36.8 Å². The molecule has 0 radical (unpaired) electrons. The summed E-state index contributed by atoms with van der Waals surface area (Å²) in [5, 5.41) is 3.20. The van der Waals surface area contributed by atoms with Crippen molar-refractivity contribution in [2.45, 2.75) is 46.3 Å². The summed E-state index contributed by atoms with van der Waals surface area (Å²) >= 11 is 5.97. The third-order valence-corrected chi connectivity index (χ3v) is 4.79. The fourth-order valence-electron chi connectivity index (χ4n) is 3.08. The van der Waals surface area contributed by atoms with E-state index in [-0.39, 0.29) is 17.7 Å². The summed E-state index contributed by atoms with van der Waals surface area (Å²) in [6, 6.07) is 6.15. The fourth-order valence-corrected chi connectivity index (χ4v) is 3.27. The molecule has 2 rings (SSSR count). The number of nitrogens with one attached hydrogen (secondary N) is 1. The highest BCUT2D eigenvalue weighted by molar-refractivity contribution is 6.30. The zero-order chi connectivity index (χ0) is 21.8. The molecular weight excluding hydrogens is 394 g/mol. The third-order valence-electron chi connectivity index (χ3n) is 4.56. The Hall–Kier alpha value is -2.28. The number of nitrogens with zero attached hydrogens (tertiary/aromatic N) is 2. The molecule has 160 valence electrons. The highest BCUT2D eigenvalue weighted by Crippen LogP contribution is 2.16. The first-order valence-electron chi connectivity index (χ1n) is 9.81. The Balaban J connectivity index is 1.96. The highest BCUT2D eigenvalue weighted by atomic mass is 35.5. The van der Waals surface area contributed by atoms with Gasteiger partial charge in [0.2, 0.25) is 5.91 Å². The van der Waals surface area contributed by atoms with E-state index in [9.17, 15) is 14.4 Å². The van der Waals surface area contributed by atoms with E-state index in [0.29, 0.717) is 36.8 Å². The van der Waals surface area contributed by atoms with E-state index < -0.39 is 17.7 Å². The summed E-state index contributed by atoms with van der Waals surface area (Å²) in [5.74, 6) is -0.367. The van der Waals surface area contributed by atoms with E-state index >= 15 is 0 Å². The van der Waals surface area contributed by atoms with Crippen LogP contribution in [-0.4, -0.2) is 65.5 Å². The molecule has 1 aliphatic rings. The van der Waals surface area contributed by atoms with Crippen LogP contribution in [0.4, 0.5) is 4.79 Å². The minimum atomic E-state index is -0.681. The van der Waals surface area contributed by atoms with Gasteiger partial charge in [-0.25, -0.2) is 4.79 Å². The van der Waals surface area contributed by atoms with Gasteiger partial charge in [-0.1, -0.05) is 31.5 Å². The number of carbonyl (C=O) groups is 3. The van der Waals surface area contributed by atoms with Crippen molar-refractivity contribution in [3.8, 4) is 0 Å². The van der Waals surface area contributed by atoms with Crippen molar-refractivity contribution in [3.63, 3.8) is 0 Å². The topological polar surface area (TPSA) is 79.0 Å². The molecule has 3 amide bonds. The summed E-state index contributed by atoms with van der Waals surface area (Å²) in [5.41, 5.74) is -0.107. The predicted molar refractivity (Wildman–Crippen MR) is 112 cm³/mol. The molecule has 0 spiro atoms. The van der Waals surface area contributed by atoms with E-state index in [1.54, 1.807) is 54.8 Å². The molecule has 1 atom stereocenters. The van der Waals surface area contributed by atoms with Gasteiger partial charge in [-0.15, -0.1) is 0 Å². The van der Waals surface area contributed by atoms with Crippen LogP contribution in [-0.2, 0) is 9.53 Å². The van der Waals surface area contributed by atoms with Gasteiger partial charge in [0.1, 0.15) is 11.6 Å². The van der Waals surface area contributed by atoms with Crippen LogP contribution < -0.4 is 5.32 Å². The molecule has 7 nitrogen and oxygen atoms in total. The van der Waals surface area contributed by atoms with Crippen LogP contribution in [0.25, 0.3) is 0 Å². The second-order valence-corrected chi connectivity index (χ2v) is 8.93. The lowest BCUT2D eigenvalue weighted by Gasteiger charge is -2.37. The number of carbonyl (C=O) groups excluding carboxylic acids is 3. The summed E-state index contributed by atoms with van der Waals surface area (Å²) in [7, 11) is 0. The Morgan fingerprint density at radius 1 is 1.07 bits per heavy atom. The maximum Gasteiger partial charge on any atom is 0.408 e. The molecule has 29 heavy (non-hydrogen) atoms. The minimum Gasteiger partial charge on any atom is -0.444 e. The van der Waals surface area contributed by atoms with E-state index in [1.807, 2.05) is 13.8 Å². The lowest BCUT2D eigenvalue weighted by molar-refractivity contribution is -0.136. The molecular formula is C21H30ClN3O4. The Bertz CT molecular complexity index is 753. The number of rotatable bonds is 4. The summed E-state index contributed by atoms with van der Waals surface area (Å²) in [4.78, 5) is 41.1. The van der Waals surface area contributed by atoms with Crippen molar-refractivity contribution in [1.29, 1.82) is 0 Å². The smallest absolute Gasteiger partial charge is 0.408 e. The SMILES string of the molecule is CC(C)[C@H](NC(=O)OC(C)(C)C)C(=O)N1CCN(C(=O)c2cccc(Cl)c2)CC1. The molecule has 1 saturated heterocycles. The fraction of sp³-hybridized carbons (Fsp3) is 0.571. The van der Waals surface area contributed by atoms with Crippen LogP contribution in [0.15, 0.2) is 24.3 Å². The Labute approximate surface area is 177 Å². The minimum absolute atomic E-state index is 0.0962. The first kappa shape index (κ1) is 23.0. The van der Waals surface area contributed by atoms with Crippen molar-refractivity contribution < 1.29 is 19.1 Å². The van der Waals surface area contributed by atoms with Crippen LogP contribution in [0, 0.1) is 5.92 Å². The Morgan fingerprint density at radius 3 is 2.17 bits per heavy atom. The van der Waals surface area contributed by atoms with Gasteiger partial charge < -0.3 is 19.9 Å². The predicted octanol–water partition coefficient (Wildman–Crippen LogP) is 3.17. The van der Waals surface area contributed by atoms with Gasteiger partial charge in [0.15, 0.2) is 0 Å². The van der Waals surface area contributed by atoms with Crippen LogP contribution in [0.2, 0.25) is 5.02 Å². The standard InChI is InChI=1S/C21H30ClN3O4/c1-14(2)17(23-20(28)29-21(3,4)5)19(27)25-11-9-24(10-12-25)18(26)15-7-6-8-16(22)13-15/h6-8,13-14,17H,9-12H2,1-5H3,(H,23,28)/t17-/m0/s1.